The molecular weight excluding hydrogens is 721 g/mol. The predicted molar refractivity (Wildman–Crippen MR) is 247 cm³/mol. The number of hydrogen-bond acceptors (Lipinski definition) is 6. The lowest BCUT2D eigenvalue weighted by Gasteiger charge is -2.18. The minimum absolute atomic E-state index is 0.0644. The molecule has 0 rings (SSSR count). The molecule has 0 bridgehead atoms. The molecule has 0 aliphatic heterocycles. The van der Waals surface area contributed by atoms with Crippen molar-refractivity contribution in [2.24, 2.45) is 11.8 Å². The molecular formula is C52H100O6. The van der Waals surface area contributed by atoms with Crippen LogP contribution in [0, 0.1) is 11.8 Å². The molecule has 0 fully saturated rings. The standard InChI is InChI=1S/C52H100O6/c1-6-7-8-9-10-11-12-13-14-15-16-19-23-28-34-39-44-52(55)58-49(46-57-51(54)43-38-33-29-24-26-31-36-41-48(4)5)45-56-50(53)42-37-32-27-22-20-17-18-21-25-30-35-40-47(2)3/h47-49H,6-46H2,1-5H3/t49-/m1/s1. The van der Waals surface area contributed by atoms with E-state index in [-0.39, 0.29) is 31.1 Å². The predicted octanol–water partition coefficient (Wildman–Crippen LogP) is 16.5. The van der Waals surface area contributed by atoms with Gasteiger partial charge in [0.15, 0.2) is 6.10 Å². The van der Waals surface area contributed by atoms with Crippen LogP contribution in [-0.4, -0.2) is 37.2 Å². The Morgan fingerprint density at radius 3 is 0.845 bits per heavy atom. The second-order valence-corrected chi connectivity index (χ2v) is 18.8. The van der Waals surface area contributed by atoms with Gasteiger partial charge in [0.2, 0.25) is 0 Å². The van der Waals surface area contributed by atoms with Gasteiger partial charge in [-0.1, -0.05) is 247 Å². The van der Waals surface area contributed by atoms with E-state index in [0.717, 1.165) is 69.6 Å². The molecule has 0 radical (unpaired) electrons. The molecule has 0 spiro atoms. The molecule has 0 saturated carbocycles. The second-order valence-electron chi connectivity index (χ2n) is 18.8. The van der Waals surface area contributed by atoms with Crippen LogP contribution in [0.15, 0.2) is 0 Å². The summed E-state index contributed by atoms with van der Waals surface area (Å²) in [6.45, 7) is 11.3. The summed E-state index contributed by atoms with van der Waals surface area (Å²) in [6, 6.07) is 0. The number of carbonyl (C=O) groups excluding carboxylic acids is 3. The van der Waals surface area contributed by atoms with Crippen LogP contribution in [0.5, 0.6) is 0 Å². The van der Waals surface area contributed by atoms with Gasteiger partial charge in [-0.2, -0.15) is 0 Å². The number of esters is 3. The quantitative estimate of drug-likeness (QED) is 0.0346. The fourth-order valence-corrected chi connectivity index (χ4v) is 7.81. The maximum absolute atomic E-state index is 12.8. The van der Waals surface area contributed by atoms with Crippen LogP contribution in [-0.2, 0) is 28.6 Å². The molecule has 0 N–H and O–H groups in total. The highest BCUT2D eigenvalue weighted by atomic mass is 16.6. The first kappa shape index (κ1) is 56.4. The summed E-state index contributed by atoms with van der Waals surface area (Å²) in [5, 5.41) is 0. The fourth-order valence-electron chi connectivity index (χ4n) is 7.81. The molecule has 344 valence electrons. The van der Waals surface area contributed by atoms with Gasteiger partial charge < -0.3 is 14.2 Å². The lowest BCUT2D eigenvalue weighted by molar-refractivity contribution is -0.167. The summed E-state index contributed by atoms with van der Waals surface area (Å²) in [7, 11) is 0. The summed E-state index contributed by atoms with van der Waals surface area (Å²) in [6.07, 6.45) is 45.2. The number of hydrogen-bond donors (Lipinski definition) is 0. The molecule has 6 nitrogen and oxygen atoms in total. The monoisotopic (exact) mass is 821 g/mol. The van der Waals surface area contributed by atoms with Gasteiger partial charge in [-0.25, -0.2) is 0 Å². The minimum atomic E-state index is -0.762. The van der Waals surface area contributed by atoms with Crippen molar-refractivity contribution < 1.29 is 28.6 Å². The van der Waals surface area contributed by atoms with E-state index < -0.39 is 6.10 Å². The van der Waals surface area contributed by atoms with E-state index in [1.807, 2.05) is 0 Å². The van der Waals surface area contributed by atoms with Gasteiger partial charge in [-0.05, 0) is 31.1 Å². The first-order chi connectivity index (χ1) is 28.2. The third-order valence-electron chi connectivity index (χ3n) is 11.7. The van der Waals surface area contributed by atoms with Crippen molar-refractivity contribution in [1.29, 1.82) is 0 Å². The summed E-state index contributed by atoms with van der Waals surface area (Å²) in [4.78, 5) is 37.9. The van der Waals surface area contributed by atoms with Crippen molar-refractivity contribution in [2.45, 2.75) is 291 Å². The Hall–Kier alpha value is -1.59. The van der Waals surface area contributed by atoms with Crippen LogP contribution < -0.4 is 0 Å². The lowest BCUT2D eigenvalue weighted by Crippen LogP contribution is -2.30. The molecule has 0 unspecified atom stereocenters. The van der Waals surface area contributed by atoms with Crippen LogP contribution in [0.2, 0.25) is 0 Å². The molecule has 1 atom stereocenters. The molecule has 0 heterocycles. The van der Waals surface area contributed by atoms with Crippen LogP contribution in [0.4, 0.5) is 0 Å². The van der Waals surface area contributed by atoms with Crippen molar-refractivity contribution in [3.8, 4) is 0 Å². The molecule has 0 aromatic rings. The summed E-state index contributed by atoms with van der Waals surface area (Å²) in [5.41, 5.74) is 0. The largest absolute Gasteiger partial charge is 0.462 e. The maximum Gasteiger partial charge on any atom is 0.306 e. The van der Waals surface area contributed by atoms with E-state index in [1.54, 1.807) is 0 Å². The maximum atomic E-state index is 12.8. The Kier molecular flexibility index (Phi) is 43.7. The van der Waals surface area contributed by atoms with E-state index in [1.165, 1.54) is 173 Å². The second kappa shape index (κ2) is 44.9. The Morgan fingerprint density at radius 2 is 0.569 bits per heavy atom. The number of rotatable bonds is 46. The van der Waals surface area contributed by atoms with E-state index in [0.29, 0.717) is 19.3 Å². The van der Waals surface area contributed by atoms with Crippen molar-refractivity contribution >= 4 is 17.9 Å². The number of ether oxygens (including phenoxy) is 3. The first-order valence-corrected chi connectivity index (χ1v) is 25.7. The summed E-state index contributed by atoms with van der Waals surface area (Å²) < 4.78 is 16.8. The molecule has 0 aliphatic carbocycles. The van der Waals surface area contributed by atoms with Crippen molar-refractivity contribution in [1.82, 2.24) is 0 Å². The molecule has 0 saturated heterocycles. The topological polar surface area (TPSA) is 78.9 Å². The van der Waals surface area contributed by atoms with Crippen LogP contribution in [0.1, 0.15) is 285 Å². The zero-order valence-electron chi connectivity index (χ0n) is 39.7. The number of unbranched alkanes of at least 4 members (excludes halogenated alkanes) is 31. The average molecular weight is 821 g/mol. The van der Waals surface area contributed by atoms with Gasteiger partial charge in [0, 0.05) is 19.3 Å². The molecule has 6 heteroatoms. The SMILES string of the molecule is CCCCCCCCCCCCCCCCCCC(=O)O[C@H](COC(=O)CCCCCCCCCCCCCC(C)C)COC(=O)CCCCCCCCCC(C)C. The molecule has 0 amide bonds. The molecule has 58 heavy (non-hydrogen) atoms. The Morgan fingerprint density at radius 1 is 0.328 bits per heavy atom. The number of carbonyl (C=O) groups is 3. The Bertz CT molecular complexity index is 885. The van der Waals surface area contributed by atoms with E-state index in [4.69, 9.17) is 14.2 Å². The van der Waals surface area contributed by atoms with Gasteiger partial charge in [-0.3, -0.25) is 14.4 Å². The zero-order valence-corrected chi connectivity index (χ0v) is 39.7. The van der Waals surface area contributed by atoms with Gasteiger partial charge in [0.05, 0.1) is 0 Å². The minimum Gasteiger partial charge on any atom is -0.462 e. The van der Waals surface area contributed by atoms with Crippen LogP contribution in [0.25, 0.3) is 0 Å². The van der Waals surface area contributed by atoms with Gasteiger partial charge in [0.25, 0.3) is 0 Å². The fraction of sp³-hybridized carbons (Fsp3) is 0.942. The third kappa shape index (κ3) is 45.5. The van der Waals surface area contributed by atoms with Crippen molar-refractivity contribution in [2.75, 3.05) is 13.2 Å². The average Bonchev–Trinajstić information content (AvgIpc) is 3.19. The first-order valence-electron chi connectivity index (χ1n) is 25.7. The summed E-state index contributed by atoms with van der Waals surface area (Å²) in [5.74, 6) is 0.757. The van der Waals surface area contributed by atoms with Gasteiger partial charge >= 0.3 is 17.9 Å². The van der Waals surface area contributed by atoms with E-state index >= 15 is 0 Å². The third-order valence-corrected chi connectivity index (χ3v) is 11.7. The van der Waals surface area contributed by atoms with E-state index in [9.17, 15) is 14.4 Å². The van der Waals surface area contributed by atoms with Gasteiger partial charge in [-0.15, -0.1) is 0 Å². The van der Waals surface area contributed by atoms with E-state index in [2.05, 4.69) is 34.6 Å². The zero-order chi connectivity index (χ0) is 42.6. The molecule has 0 aliphatic rings. The highest BCUT2D eigenvalue weighted by Crippen LogP contribution is 2.17. The Labute approximate surface area is 361 Å². The van der Waals surface area contributed by atoms with Crippen LogP contribution in [0.3, 0.4) is 0 Å². The Balaban J connectivity index is 4.29. The van der Waals surface area contributed by atoms with Crippen molar-refractivity contribution in [3.63, 3.8) is 0 Å². The van der Waals surface area contributed by atoms with Gasteiger partial charge in [0.1, 0.15) is 13.2 Å². The normalized spacial score (nSPS) is 12.1. The smallest absolute Gasteiger partial charge is 0.306 e. The molecule has 0 aromatic carbocycles. The lowest BCUT2D eigenvalue weighted by atomic mass is 10.0. The summed E-state index contributed by atoms with van der Waals surface area (Å²) >= 11 is 0. The van der Waals surface area contributed by atoms with Crippen molar-refractivity contribution in [3.05, 3.63) is 0 Å². The highest BCUT2D eigenvalue weighted by molar-refractivity contribution is 5.71. The highest BCUT2D eigenvalue weighted by Gasteiger charge is 2.19. The van der Waals surface area contributed by atoms with Crippen LogP contribution >= 0.6 is 0 Å². The molecule has 0 aromatic heterocycles.